The standard InChI is InChI=1S/C24H30N12O3/c1-24(19(37)27-18-14-25-6-7-26-18)5-2-8-36(24)22-30-20(28-17-13-16(32-33-17)15-3-4-15)29-21(31-22)34-9-11-35(12-10-34)23(38)39/h6-7,13-15H,2-5,8-12H2,1H3,(H,38,39)(H,26,27,37)(H2,28,29,30,31,32,33). The lowest BCUT2D eigenvalue weighted by molar-refractivity contribution is -0.120. The number of piperazine rings is 1. The minimum atomic E-state index is -0.944. The molecule has 0 spiro atoms. The van der Waals surface area contributed by atoms with Crippen LogP contribution in [0.4, 0.5) is 34.3 Å². The highest BCUT2D eigenvalue weighted by molar-refractivity contribution is 5.99. The van der Waals surface area contributed by atoms with Gasteiger partial charge in [0.2, 0.25) is 17.8 Å². The van der Waals surface area contributed by atoms with Gasteiger partial charge in [0.15, 0.2) is 11.6 Å². The number of carboxylic acid groups (broad SMARTS) is 1. The highest BCUT2D eigenvalue weighted by Crippen LogP contribution is 2.40. The molecule has 1 saturated carbocycles. The molecule has 1 unspecified atom stereocenters. The van der Waals surface area contributed by atoms with Crippen LogP contribution in [0.25, 0.3) is 0 Å². The number of aromatic amines is 1. The SMILES string of the molecule is CC1(C(=O)Nc2cnccn2)CCCN1c1nc(Nc2cc(C3CC3)[nH]n2)nc(N2CCN(C(=O)O)CC2)n1. The predicted octanol–water partition coefficient (Wildman–Crippen LogP) is 1.80. The molecule has 3 aromatic rings. The van der Waals surface area contributed by atoms with Crippen molar-refractivity contribution in [2.75, 3.05) is 53.2 Å². The van der Waals surface area contributed by atoms with Gasteiger partial charge in [0, 0.05) is 62.8 Å². The van der Waals surface area contributed by atoms with Crippen LogP contribution in [0.5, 0.6) is 0 Å². The molecule has 204 valence electrons. The maximum atomic E-state index is 13.5. The van der Waals surface area contributed by atoms with Crippen LogP contribution in [-0.2, 0) is 4.79 Å². The van der Waals surface area contributed by atoms with E-state index in [4.69, 9.17) is 9.97 Å². The van der Waals surface area contributed by atoms with Crippen molar-refractivity contribution < 1.29 is 14.7 Å². The molecule has 1 atom stereocenters. The van der Waals surface area contributed by atoms with Gasteiger partial charge in [-0.1, -0.05) is 0 Å². The summed E-state index contributed by atoms with van der Waals surface area (Å²) in [5.41, 5.74) is 0.144. The molecule has 2 saturated heterocycles. The topological polar surface area (TPSA) is 181 Å². The van der Waals surface area contributed by atoms with Gasteiger partial charge >= 0.3 is 6.09 Å². The van der Waals surface area contributed by atoms with Crippen molar-refractivity contribution >= 4 is 41.5 Å². The molecule has 15 heteroatoms. The Kier molecular flexibility index (Phi) is 6.32. The molecular weight excluding hydrogens is 504 g/mol. The van der Waals surface area contributed by atoms with Crippen molar-refractivity contribution in [1.29, 1.82) is 0 Å². The summed E-state index contributed by atoms with van der Waals surface area (Å²) in [7, 11) is 0. The molecule has 39 heavy (non-hydrogen) atoms. The number of hydrogen-bond acceptors (Lipinski definition) is 11. The average molecular weight is 535 g/mol. The van der Waals surface area contributed by atoms with Crippen molar-refractivity contribution in [1.82, 2.24) is 40.0 Å². The van der Waals surface area contributed by atoms with E-state index >= 15 is 0 Å². The highest BCUT2D eigenvalue weighted by atomic mass is 16.4. The Morgan fingerprint density at radius 1 is 1.05 bits per heavy atom. The largest absolute Gasteiger partial charge is 0.465 e. The van der Waals surface area contributed by atoms with Gasteiger partial charge < -0.3 is 30.4 Å². The molecule has 0 bridgehead atoms. The van der Waals surface area contributed by atoms with Crippen molar-refractivity contribution in [3.63, 3.8) is 0 Å². The van der Waals surface area contributed by atoms with Crippen LogP contribution in [0.3, 0.4) is 0 Å². The van der Waals surface area contributed by atoms with Gasteiger partial charge in [-0.25, -0.2) is 9.78 Å². The van der Waals surface area contributed by atoms with E-state index in [1.54, 1.807) is 6.20 Å². The van der Waals surface area contributed by atoms with Crippen LogP contribution < -0.4 is 20.4 Å². The number of H-pyrrole nitrogens is 1. The molecule has 0 radical (unpaired) electrons. The zero-order chi connectivity index (χ0) is 27.0. The first-order chi connectivity index (χ1) is 18.9. The normalized spacial score (nSPS) is 21.2. The van der Waals surface area contributed by atoms with Gasteiger partial charge in [0.25, 0.3) is 5.91 Å². The van der Waals surface area contributed by atoms with E-state index in [9.17, 15) is 14.7 Å². The summed E-state index contributed by atoms with van der Waals surface area (Å²) < 4.78 is 0. The summed E-state index contributed by atoms with van der Waals surface area (Å²) in [6.07, 6.45) is 7.29. The third-order valence-corrected chi connectivity index (χ3v) is 7.48. The molecule has 15 nitrogen and oxygen atoms in total. The molecule has 3 aromatic heterocycles. The van der Waals surface area contributed by atoms with Gasteiger partial charge in [-0.3, -0.25) is 14.9 Å². The number of aromatic nitrogens is 7. The minimum absolute atomic E-state index is 0.228. The zero-order valence-corrected chi connectivity index (χ0v) is 21.5. The van der Waals surface area contributed by atoms with Crippen LogP contribution in [0, 0.1) is 0 Å². The van der Waals surface area contributed by atoms with Gasteiger partial charge in [-0.15, -0.1) is 0 Å². The zero-order valence-electron chi connectivity index (χ0n) is 21.5. The Bertz CT molecular complexity index is 1360. The number of nitrogens with one attached hydrogen (secondary N) is 3. The van der Waals surface area contributed by atoms with E-state index in [2.05, 4.69) is 35.8 Å². The fourth-order valence-corrected chi connectivity index (χ4v) is 5.02. The van der Waals surface area contributed by atoms with E-state index in [1.165, 1.54) is 17.3 Å². The fraction of sp³-hybridized carbons (Fsp3) is 0.500. The Morgan fingerprint density at radius 3 is 2.56 bits per heavy atom. The van der Waals surface area contributed by atoms with Gasteiger partial charge in [0.1, 0.15) is 5.54 Å². The van der Waals surface area contributed by atoms with Crippen molar-refractivity contribution in [3.8, 4) is 0 Å². The number of carbonyl (C=O) groups is 2. The van der Waals surface area contributed by atoms with Gasteiger partial charge in [-0.05, 0) is 32.6 Å². The maximum absolute atomic E-state index is 13.5. The Morgan fingerprint density at radius 2 is 1.85 bits per heavy atom. The predicted molar refractivity (Wildman–Crippen MR) is 141 cm³/mol. The molecule has 0 aromatic carbocycles. The van der Waals surface area contributed by atoms with E-state index in [-0.39, 0.29) is 5.91 Å². The first-order valence-electron chi connectivity index (χ1n) is 13.1. The molecule has 3 fully saturated rings. The van der Waals surface area contributed by atoms with Crippen molar-refractivity contribution in [2.24, 2.45) is 0 Å². The molecule has 2 aliphatic heterocycles. The molecule has 6 rings (SSSR count). The molecule has 3 aliphatic rings. The second kappa shape index (κ2) is 9.96. The van der Waals surface area contributed by atoms with Crippen LogP contribution in [0.15, 0.2) is 24.7 Å². The summed E-state index contributed by atoms with van der Waals surface area (Å²) in [6, 6.07) is 1.96. The second-order valence-corrected chi connectivity index (χ2v) is 10.2. The number of rotatable bonds is 7. The number of carbonyl (C=O) groups excluding carboxylic acids is 1. The van der Waals surface area contributed by atoms with E-state index < -0.39 is 11.6 Å². The van der Waals surface area contributed by atoms with E-state index in [0.717, 1.165) is 25.0 Å². The van der Waals surface area contributed by atoms with Gasteiger partial charge in [-0.2, -0.15) is 20.1 Å². The lowest BCUT2D eigenvalue weighted by Gasteiger charge is -2.35. The van der Waals surface area contributed by atoms with Crippen LogP contribution in [0.2, 0.25) is 0 Å². The second-order valence-electron chi connectivity index (χ2n) is 10.2. The summed E-state index contributed by atoms with van der Waals surface area (Å²) in [5, 5.41) is 22.8. The summed E-state index contributed by atoms with van der Waals surface area (Å²) in [5.74, 6) is 2.32. The summed E-state index contributed by atoms with van der Waals surface area (Å²) in [6.45, 7) is 4.00. The van der Waals surface area contributed by atoms with Gasteiger partial charge in [0.05, 0.1) is 6.20 Å². The Hall–Kier alpha value is -4.56. The summed E-state index contributed by atoms with van der Waals surface area (Å²) in [4.78, 5) is 52.4. The molecule has 4 N–H and O–H groups in total. The molecule has 5 heterocycles. The Balaban J connectivity index is 1.30. The number of anilines is 5. The quantitative estimate of drug-likeness (QED) is 0.345. The first-order valence-corrected chi connectivity index (χ1v) is 13.1. The lowest BCUT2D eigenvalue weighted by Crippen LogP contribution is -2.52. The third-order valence-electron chi connectivity index (χ3n) is 7.48. The number of nitrogens with zero attached hydrogens (tertiary/aromatic N) is 9. The van der Waals surface area contributed by atoms with Crippen molar-refractivity contribution in [3.05, 3.63) is 30.4 Å². The lowest BCUT2D eigenvalue weighted by atomic mass is 9.98. The number of amides is 2. The average Bonchev–Trinajstić information content (AvgIpc) is 3.56. The minimum Gasteiger partial charge on any atom is -0.465 e. The molecule has 2 amide bonds. The smallest absolute Gasteiger partial charge is 0.407 e. The molecule has 1 aliphatic carbocycles. The van der Waals surface area contributed by atoms with E-state index in [0.29, 0.717) is 74.5 Å². The highest BCUT2D eigenvalue weighted by Gasteiger charge is 2.45. The van der Waals surface area contributed by atoms with Crippen molar-refractivity contribution in [2.45, 2.75) is 44.1 Å². The maximum Gasteiger partial charge on any atom is 0.407 e. The first kappa shape index (κ1) is 24.8. The van der Waals surface area contributed by atoms with E-state index in [1.807, 2.05) is 22.8 Å². The number of hydrogen-bond donors (Lipinski definition) is 4. The van der Waals surface area contributed by atoms with Crippen LogP contribution >= 0.6 is 0 Å². The Labute approximate surface area is 224 Å². The van der Waals surface area contributed by atoms with Crippen LogP contribution in [0.1, 0.15) is 44.2 Å². The monoisotopic (exact) mass is 534 g/mol. The fourth-order valence-electron chi connectivity index (χ4n) is 5.02. The third kappa shape index (κ3) is 5.11. The summed E-state index contributed by atoms with van der Waals surface area (Å²) >= 11 is 0. The van der Waals surface area contributed by atoms with Crippen LogP contribution in [-0.4, -0.2) is 95.4 Å². The molecular formula is C24H30N12O3.